The quantitative estimate of drug-likeness (QED) is 0.622. The summed E-state index contributed by atoms with van der Waals surface area (Å²) in [5.41, 5.74) is 1.49. The minimum absolute atomic E-state index is 0.0476. The van der Waals surface area contributed by atoms with Crippen molar-refractivity contribution in [3.05, 3.63) is 83.9 Å². The number of carbonyl (C=O) groups excluding carboxylic acids is 1. The number of aliphatic carboxylic acids is 1. The van der Waals surface area contributed by atoms with Crippen molar-refractivity contribution in [1.82, 2.24) is 5.32 Å². The zero-order valence-corrected chi connectivity index (χ0v) is 14.8. The van der Waals surface area contributed by atoms with Gasteiger partial charge in [0.05, 0.1) is 13.2 Å². The number of nitrogens with one attached hydrogen (secondary N) is 1. The number of carboxylic acid groups (broad SMARTS) is 1. The molecule has 0 saturated heterocycles. The van der Waals surface area contributed by atoms with Crippen molar-refractivity contribution in [1.29, 1.82) is 0 Å². The number of halogens is 1. The fourth-order valence-electron chi connectivity index (χ4n) is 2.50. The molecule has 0 aliphatic carbocycles. The van der Waals surface area contributed by atoms with Gasteiger partial charge in [0.2, 0.25) is 0 Å². The van der Waals surface area contributed by atoms with Crippen LogP contribution in [0.1, 0.15) is 16.1 Å². The van der Waals surface area contributed by atoms with E-state index in [2.05, 4.69) is 5.32 Å². The SMILES string of the molecule is O=C(NC(COCc1ccccc1)C(=O)O)c1ccc(-c2ccc(F)cc2)o1. The van der Waals surface area contributed by atoms with E-state index in [1.165, 1.54) is 30.3 Å². The summed E-state index contributed by atoms with van der Waals surface area (Å²) in [4.78, 5) is 23.7. The fraction of sp³-hybridized carbons (Fsp3) is 0.143. The Morgan fingerprint density at radius 3 is 2.43 bits per heavy atom. The molecular formula is C21H18FNO5. The first-order valence-electron chi connectivity index (χ1n) is 8.54. The maximum atomic E-state index is 13.0. The molecule has 0 saturated carbocycles. The van der Waals surface area contributed by atoms with Crippen molar-refractivity contribution in [3.63, 3.8) is 0 Å². The molecule has 0 radical (unpaired) electrons. The zero-order chi connectivity index (χ0) is 19.9. The molecule has 2 aromatic carbocycles. The molecule has 1 aromatic heterocycles. The van der Waals surface area contributed by atoms with Gasteiger partial charge in [0, 0.05) is 5.56 Å². The summed E-state index contributed by atoms with van der Waals surface area (Å²) in [5.74, 6) is -1.95. The topological polar surface area (TPSA) is 88.8 Å². The van der Waals surface area contributed by atoms with E-state index in [1.807, 2.05) is 30.3 Å². The monoisotopic (exact) mass is 383 g/mol. The van der Waals surface area contributed by atoms with Gasteiger partial charge in [0.15, 0.2) is 11.8 Å². The van der Waals surface area contributed by atoms with E-state index < -0.39 is 17.9 Å². The number of carbonyl (C=O) groups is 2. The Morgan fingerprint density at radius 2 is 1.75 bits per heavy atom. The van der Waals surface area contributed by atoms with E-state index >= 15 is 0 Å². The van der Waals surface area contributed by atoms with E-state index in [4.69, 9.17) is 9.15 Å². The maximum absolute atomic E-state index is 13.0. The second-order valence-corrected chi connectivity index (χ2v) is 6.04. The third-order valence-electron chi connectivity index (χ3n) is 3.96. The summed E-state index contributed by atoms with van der Waals surface area (Å²) in [5, 5.41) is 11.7. The summed E-state index contributed by atoms with van der Waals surface area (Å²) in [6.45, 7) is 0.0391. The van der Waals surface area contributed by atoms with Gasteiger partial charge in [-0.2, -0.15) is 0 Å². The molecule has 3 aromatic rings. The molecule has 0 aliphatic rings. The van der Waals surface area contributed by atoms with Gasteiger partial charge in [-0.3, -0.25) is 4.79 Å². The van der Waals surface area contributed by atoms with Gasteiger partial charge in [-0.25, -0.2) is 9.18 Å². The lowest BCUT2D eigenvalue weighted by atomic mass is 10.2. The second kappa shape index (κ2) is 8.96. The molecule has 0 spiro atoms. The normalized spacial score (nSPS) is 11.8. The van der Waals surface area contributed by atoms with Crippen LogP contribution in [0.2, 0.25) is 0 Å². The first-order chi connectivity index (χ1) is 13.5. The van der Waals surface area contributed by atoms with Crippen molar-refractivity contribution in [3.8, 4) is 11.3 Å². The number of benzene rings is 2. The van der Waals surface area contributed by atoms with Gasteiger partial charge < -0.3 is 19.6 Å². The number of amides is 1. The Hall–Kier alpha value is -3.45. The van der Waals surface area contributed by atoms with Crippen LogP contribution in [0.4, 0.5) is 4.39 Å². The number of carboxylic acids is 1. The standard InChI is InChI=1S/C21H18FNO5/c22-16-8-6-15(7-9-16)18-10-11-19(28-18)20(24)23-17(21(25)26)13-27-12-14-4-2-1-3-5-14/h1-11,17H,12-13H2,(H,23,24)(H,25,26). The first-order valence-corrected chi connectivity index (χ1v) is 8.54. The van der Waals surface area contributed by atoms with Crippen LogP contribution in [0.25, 0.3) is 11.3 Å². The molecule has 144 valence electrons. The number of hydrogen-bond donors (Lipinski definition) is 2. The molecule has 7 heteroatoms. The number of furan rings is 1. The average Bonchev–Trinajstić information content (AvgIpc) is 3.19. The van der Waals surface area contributed by atoms with Crippen LogP contribution in [0, 0.1) is 5.82 Å². The number of hydrogen-bond acceptors (Lipinski definition) is 4. The molecule has 0 bridgehead atoms. The highest BCUT2D eigenvalue weighted by Crippen LogP contribution is 2.22. The molecule has 1 atom stereocenters. The summed E-state index contributed by atoms with van der Waals surface area (Å²) in [6.07, 6.45) is 0. The highest BCUT2D eigenvalue weighted by molar-refractivity contribution is 5.94. The number of rotatable bonds is 8. The Bertz CT molecular complexity index is 937. The zero-order valence-electron chi connectivity index (χ0n) is 14.8. The smallest absolute Gasteiger partial charge is 0.328 e. The van der Waals surface area contributed by atoms with E-state index in [0.29, 0.717) is 11.3 Å². The summed E-state index contributed by atoms with van der Waals surface area (Å²) in [7, 11) is 0. The molecule has 0 aliphatic heterocycles. The lowest BCUT2D eigenvalue weighted by molar-refractivity contribution is -0.141. The molecule has 0 fully saturated rings. The van der Waals surface area contributed by atoms with Crippen molar-refractivity contribution in [2.45, 2.75) is 12.6 Å². The van der Waals surface area contributed by atoms with Crippen LogP contribution in [0.3, 0.4) is 0 Å². The summed E-state index contributed by atoms with van der Waals surface area (Å²) < 4.78 is 23.9. The summed E-state index contributed by atoms with van der Waals surface area (Å²) in [6, 6.07) is 16.6. The predicted molar refractivity (Wildman–Crippen MR) is 99.1 cm³/mol. The van der Waals surface area contributed by atoms with Gasteiger partial charge >= 0.3 is 5.97 Å². The van der Waals surface area contributed by atoms with Crippen LogP contribution in [0.5, 0.6) is 0 Å². The van der Waals surface area contributed by atoms with Crippen LogP contribution < -0.4 is 5.32 Å². The molecular weight excluding hydrogens is 365 g/mol. The molecule has 1 amide bonds. The van der Waals surface area contributed by atoms with E-state index in [0.717, 1.165) is 5.56 Å². The highest BCUT2D eigenvalue weighted by atomic mass is 19.1. The van der Waals surface area contributed by atoms with Crippen LogP contribution in [-0.4, -0.2) is 29.6 Å². The maximum Gasteiger partial charge on any atom is 0.328 e. The van der Waals surface area contributed by atoms with Crippen LogP contribution in [0.15, 0.2) is 71.1 Å². The number of ether oxygens (including phenoxy) is 1. The summed E-state index contributed by atoms with van der Waals surface area (Å²) >= 11 is 0. The second-order valence-electron chi connectivity index (χ2n) is 6.04. The molecule has 2 N–H and O–H groups in total. The minimum atomic E-state index is -1.23. The van der Waals surface area contributed by atoms with E-state index in [-0.39, 0.29) is 24.8 Å². The highest BCUT2D eigenvalue weighted by Gasteiger charge is 2.23. The molecule has 3 rings (SSSR count). The molecule has 6 nitrogen and oxygen atoms in total. The van der Waals surface area contributed by atoms with Crippen molar-refractivity contribution in [2.75, 3.05) is 6.61 Å². The third kappa shape index (κ3) is 5.05. The van der Waals surface area contributed by atoms with E-state index in [1.54, 1.807) is 6.07 Å². The minimum Gasteiger partial charge on any atom is -0.480 e. The van der Waals surface area contributed by atoms with Gasteiger partial charge in [-0.05, 0) is 42.0 Å². The van der Waals surface area contributed by atoms with Gasteiger partial charge in [-0.15, -0.1) is 0 Å². The van der Waals surface area contributed by atoms with E-state index in [9.17, 15) is 19.1 Å². The molecule has 1 unspecified atom stereocenters. The molecule has 28 heavy (non-hydrogen) atoms. The Labute approximate surface area is 160 Å². The lowest BCUT2D eigenvalue weighted by Gasteiger charge is -2.14. The van der Waals surface area contributed by atoms with Gasteiger partial charge in [0.25, 0.3) is 5.91 Å². The van der Waals surface area contributed by atoms with Gasteiger partial charge in [-0.1, -0.05) is 30.3 Å². The Morgan fingerprint density at radius 1 is 1.04 bits per heavy atom. The van der Waals surface area contributed by atoms with Crippen molar-refractivity contribution in [2.24, 2.45) is 0 Å². The lowest BCUT2D eigenvalue weighted by Crippen LogP contribution is -2.43. The average molecular weight is 383 g/mol. The third-order valence-corrected chi connectivity index (χ3v) is 3.96. The van der Waals surface area contributed by atoms with Crippen LogP contribution in [-0.2, 0) is 16.1 Å². The Balaban J connectivity index is 1.59. The first kappa shape index (κ1) is 19.3. The Kier molecular flexibility index (Phi) is 6.18. The largest absolute Gasteiger partial charge is 0.480 e. The molecule has 1 heterocycles. The van der Waals surface area contributed by atoms with Crippen molar-refractivity contribution >= 4 is 11.9 Å². The van der Waals surface area contributed by atoms with Gasteiger partial charge in [0.1, 0.15) is 11.6 Å². The van der Waals surface area contributed by atoms with Crippen LogP contribution >= 0.6 is 0 Å². The fourth-order valence-corrected chi connectivity index (χ4v) is 2.50. The van der Waals surface area contributed by atoms with Crippen molar-refractivity contribution < 1.29 is 28.2 Å². The predicted octanol–water partition coefficient (Wildman–Crippen LogP) is 3.49.